The highest BCUT2D eigenvalue weighted by Crippen LogP contribution is 2.36. The highest BCUT2D eigenvalue weighted by atomic mass is 14.5. The average Bonchev–Trinajstić information content (AvgIpc) is 1.93. The van der Waals surface area contributed by atoms with E-state index >= 15 is 0 Å². The third-order valence-electron chi connectivity index (χ3n) is 2.87. The third kappa shape index (κ3) is 1.20. The molecule has 2 rings (SSSR count). The molecule has 0 aliphatic heterocycles. The van der Waals surface area contributed by atoms with Crippen molar-refractivity contribution >= 4 is 5.69 Å². The lowest BCUT2D eigenvalue weighted by Crippen LogP contribution is -2.08. The van der Waals surface area contributed by atoms with Crippen LogP contribution >= 0.6 is 0 Å². The van der Waals surface area contributed by atoms with Crippen LogP contribution in [0.5, 0.6) is 0 Å². The van der Waals surface area contributed by atoms with Crippen LogP contribution < -0.4 is 5.73 Å². The molecule has 1 heteroatoms. The van der Waals surface area contributed by atoms with Crippen LogP contribution in [0.1, 0.15) is 36.3 Å². The lowest BCUT2D eigenvalue weighted by molar-refractivity contribution is 0.419. The molecule has 0 spiro atoms. The summed E-state index contributed by atoms with van der Waals surface area (Å²) in [5, 5.41) is 0. The first-order valence-electron chi connectivity index (χ1n) is 4.63. The number of nitrogens with two attached hydrogens (primary N) is 1. The van der Waals surface area contributed by atoms with E-state index in [0.29, 0.717) is 0 Å². The quantitative estimate of drug-likeness (QED) is 0.630. The largest absolute Gasteiger partial charge is 0.399 e. The molecule has 64 valence electrons. The number of rotatable bonds is 1. The van der Waals surface area contributed by atoms with Crippen molar-refractivity contribution in [2.75, 3.05) is 5.73 Å². The van der Waals surface area contributed by atoms with Crippen LogP contribution in [-0.2, 0) is 0 Å². The summed E-state index contributed by atoms with van der Waals surface area (Å²) in [4.78, 5) is 0. The molecule has 0 amide bonds. The summed E-state index contributed by atoms with van der Waals surface area (Å²) in [5.74, 6) is 0.823. The first kappa shape index (κ1) is 7.66. The number of benzene rings is 1. The molecule has 1 saturated carbocycles. The van der Waals surface area contributed by atoms with Crippen molar-refractivity contribution in [3.8, 4) is 0 Å². The van der Waals surface area contributed by atoms with E-state index in [1.165, 1.54) is 30.4 Å². The van der Waals surface area contributed by atoms with Gasteiger partial charge in [-0.3, -0.25) is 0 Å². The Kier molecular flexibility index (Phi) is 1.80. The van der Waals surface area contributed by atoms with Gasteiger partial charge in [-0.15, -0.1) is 0 Å². The lowest BCUT2D eigenvalue weighted by atomic mass is 9.79. The van der Waals surface area contributed by atoms with E-state index in [1.54, 1.807) is 0 Å². The van der Waals surface area contributed by atoms with Gasteiger partial charge in [0.05, 0.1) is 0 Å². The topological polar surface area (TPSA) is 26.0 Å². The Morgan fingerprint density at radius 2 is 2.08 bits per heavy atom. The SMILES string of the molecule is Cc1cc(C2CCC2)ccc1N. The van der Waals surface area contributed by atoms with Gasteiger partial charge in [-0.1, -0.05) is 18.6 Å². The Morgan fingerprint density at radius 3 is 2.58 bits per heavy atom. The molecule has 1 nitrogen and oxygen atoms in total. The van der Waals surface area contributed by atoms with Crippen LogP contribution in [0.2, 0.25) is 0 Å². The molecule has 0 saturated heterocycles. The molecule has 0 aromatic heterocycles. The Bertz CT molecular complexity index is 287. The summed E-state index contributed by atoms with van der Waals surface area (Å²) in [6.45, 7) is 2.08. The zero-order chi connectivity index (χ0) is 8.55. The van der Waals surface area contributed by atoms with E-state index in [1.807, 2.05) is 6.07 Å². The monoisotopic (exact) mass is 161 g/mol. The average molecular weight is 161 g/mol. The second-order valence-electron chi connectivity index (χ2n) is 3.74. The van der Waals surface area contributed by atoms with E-state index in [-0.39, 0.29) is 0 Å². The normalized spacial score (nSPS) is 17.4. The zero-order valence-electron chi connectivity index (χ0n) is 7.51. The van der Waals surface area contributed by atoms with Gasteiger partial charge in [0.15, 0.2) is 0 Å². The summed E-state index contributed by atoms with van der Waals surface area (Å²) in [6, 6.07) is 6.44. The first-order chi connectivity index (χ1) is 5.77. The first-order valence-corrected chi connectivity index (χ1v) is 4.63. The molecule has 0 atom stereocenters. The van der Waals surface area contributed by atoms with Crippen LogP contribution in [0, 0.1) is 6.92 Å². The second-order valence-corrected chi connectivity index (χ2v) is 3.74. The molecule has 0 heterocycles. The molecule has 1 fully saturated rings. The fourth-order valence-corrected chi connectivity index (χ4v) is 1.69. The van der Waals surface area contributed by atoms with Gasteiger partial charge in [-0.2, -0.15) is 0 Å². The van der Waals surface area contributed by atoms with Gasteiger partial charge >= 0.3 is 0 Å². The molecule has 0 unspecified atom stereocenters. The predicted octanol–water partition coefficient (Wildman–Crippen LogP) is 2.84. The number of hydrogen-bond donors (Lipinski definition) is 1. The highest BCUT2D eigenvalue weighted by molar-refractivity contribution is 5.48. The minimum absolute atomic E-state index is 0.823. The van der Waals surface area contributed by atoms with Crippen molar-refractivity contribution in [3.63, 3.8) is 0 Å². The number of aryl methyl sites for hydroxylation is 1. The number of anilines is 1. The fraction of sp³-hybridized carbons (Fsp3) is 0.455. The standard InChI is InChI=1S/C11H15N/c1-8-7-10(5-6-11(8)12)9-3-2-4-9/h5-7,9H,2-4,12H2,1H3. The minimum atomic E-state index is 0.823. The maximum Gasteiger partial charge on any atom is 0.0343 e. The van der Waals surface area contributed by atoms with Gasteiger partial charge < -0.3 is 5.73 Å². The lowest BCUT2D eigenvalue weighted by Gasteiger charge is -2.26. The smallest absolute Gasteiger partial charge is 0.0343 e. The molecule has 1 aliphatic rings. The summed E-state index contributed by atoms with van der Waals surface area (Å²) < 4.78 is 0. The van der Waals surface area contributed by atoms with Gasteiger partial charge in [0.25, 0.3) is 0 Å². The van der Waals surface area contributed by atoms with Gasteiger partial charge in [0.1, 0.15) is 0 Å². The maximum atomic E-state index is 5.75. The summed E-state index contributed by atoms with van der Waals surface area (Å²) in [5.41, 5.74) is 9.36. The predicted molar refractivity (Wildman–Crippen MR) is 52.2 cm³/mol. The molecule has 1 aromatic carbocycles. The van der Waals surface area contributed by atoms with Crippen LogP contribution in [0.4, 0.5) is 5.69 Å². The summed E-state index contributed by atoms with van der Waals surface area (Å²) in [7, 11) is 0. The van der Waals surface area contributed by atoms with Gasteiger partial charge in [0, 0.05) is 5.69 Å². The van der Waals surface area contributed by atoms with Crippen LogP contribution in [0.15, 0.2) is 18.2 Å². The van der Waals surface area contributed by atoms with Crippen molar-refractivity contribution < 1.29 is 0 Å². The number of nitrogen functional groups attached to an aromatic ring is 1. The second kappa shape index (κ2) is 2.81. The van der Waals surface area contributed by atoms with Crippen molar-refractivity contribution in [1.82, 2.24) is 0 Å². The van der Waals surface area contributed by atoms with Crippen molar-refractivity contribution in [2.45, 2.75) is 32.1 Å². The molecule has 1 aromatic rings. The Balaban J connectivity index is 2.27. The van der Waals surface area contributed by atoms with Crippen molar-refractivity contribution in [1.29, 1.82) is 0 Å². The van der Waals surface area contributed by atoms with Crippen molar-refractivity contribution in [3.05, 3.63) is 29.3 Å². The van der Waals surface area contributed by atoms with Gasteiger partial charge in [-0.25, -0.2) is 0 Å². The molecule has 2 N–H and O–H groups in total. The fourth-order valence-electron chi connectivity index (χ4n) is 1.69. The Hall–Kier alpha value is -0.980. The van der Waals surface area contributed by atoms with E-state index in [4.69, 9.17) is 5.73 Å². The Labute approximate surface area is 73.6 Å². The summed E-state index contributed by atoms with van der Waals surface area (Å²) in [6.07, 6.45) is 4.13. The number of hydrogen-bond acceptors (Lipinski definition) is 1. The zero-order valence-corrected chi connectivity index (χ0v) is 7.51. The Morgan fingerprint density at radius 1 is 1.33 bits per heavy atom. The highest BCUT2D eigenvalue weighted by Gasteiger charge is 2.19. The van der Waals surface area contributed by atoms with Crippen LogP contribution in [0.3, 0.4) is 0 Å². The molecular weight excluding hydrogens is 146 g/mol. The molecule has 1 aliphatic carbocycles. The van der Waals surface area contributed by atoms with Crippen molar-refractivity contribution in [2.24, 2.45) is 0 Å². The van der Waals surface area contributed by atoms with Gasteiger partial charge in [0.2, 0.25) is 0 Å². The van der Waals surface area contributed by atoms with E-state index in [2.05, 4.69) is 19.1 Å². The van der Waals surface area contributed by atoms with E-state index in [9.17, 15) is 0 Å². The minimum Gasteiger partial charge on any atom is -0.399 e. The third-order valence-corrected chi connectivity index (χ3v) is 2.87. The molecule has 0 radical (unpaired) electrons. The van der Waals surface area contributed by atoms with Gasteiger partial charge in [-0.05, 0) is 42.9 Å². The van der Waals surface area contributed by atoms with Crippen LogP contribution in [0.25, 0.3) is 0 Å². The van der Waals surface area contributed by atoms with Crippen LogP contribution in [-0.4, -0.2) is 0 Å². The molecule has 0 bridgehead atoms. The molecule has 12 heavy (non-hydrogen) atoms. The van der Waals surface area contributed by atoms with E-state index < -0.39 is 0 Å². The van der Waals surface area contributed by atoms with E-state index in [0.717, 1.165) is 11.6 Å². The summed E-state index contributed by atoms with van der Waals surface area (Å²) >= 11 is 0. The maximum absolute atomic E-state index is 5.75. The molecular formula is C11H15N.